The molecule has 0 spiro atoms. The highest BCUT2D eigenvalue weighted by Crippen LogP contribution is 2.29. The van der Waals surface area contributed by atoms with Gasteiger partial charge in [-0.1, -0.05) is 12.1 Å². The number of fused-ring (bicyclic) bond motifs is 1. The van der Waals surface area contributed by atoms with E-state index in [1.807, 2.05) is 0 Å². The number of aromatic nitrogens is 1. The van der Waals surface area contributed by atoms with Crippen LogP contribution in [0.1, 0.15) is 29.0 Å². The van der Waals surface area contributed by atoms with Crippen molar-refractivity contribution >= 4 is 28.1 Å². The van der Waals surface area contributed by atoms with Gasteiger partial charge in [-0.3, -0.25) is 9.69 Å². The summed E-state index contributed by atoms with van der Waals surface area (Å²) >= 11 is 1.65. The topological polar surface area (TPSA) is 48.5 Å². The van der Waals surface area contributed by atoms with Crippen LogP contribution < -0.4 is 10.2 Å². The van der Waals surface area contributed by atoms with Crippen LogP contribution in [0.15, 0.2) is 24.3 Å². The fourth-order valence-corrected chi connectivity index (χ4v) is 4.82. The first-order valence-electron chi connectivity index (χ1n) is 9.50. The second-order valence-electron chi connectivity index (χ2n) is 7.25. The Morgan fingerprint density at radius 2 is 2.00 bits per heavy atom. The van der Waals surface area contributed by atoms with E-state index in [0.717, 1.165) is 44.2 Å². The third kappa shape index (κ3) is 4.07. The summed E-state index contributed by atoms with van der Waals surface area (Å²) in [6.45, 7) is 6.32. The van der Waals surface area contributed by atoms with E-state index in [9.17, 15) is 4.79 Å². The number of rotatable bonds is 4. The Morgan fingerprint density at radius 3 is 2.77 bits per heavy atom. The molecule has 0 saturated carbocycles. The van der Waals surface area contributed by atoms with Gasteiger partial charge < -0.3 is 10.2 Å². The first-order chi connectivity index (χ1) is 12.7. The predicted octanol–water partition coefficient (Wildman–Crippen LogP) is 3.09. The zero-order valence-corrected chi connectivity index (χ0v) is 16.1. The molecule has 4 rings (SSSR count). The minimum absolute atomic E-state index is 0.0557. The molecule has 6 heteroatoms. The molecule has 0 atom stereocenters. The van der Waals surface area contributed by atoms with E-state index < -0.39 is 0 Å². The summed E-state index contributed by atoms with van der Waals surface area (Å²) < 4.78 is 0. The first-order valence-corrected chi connectivity index (χ1v) is 10.3. The number of benzene rings is 1. The molecule has 2 heterocycles. The van der Waals surface area contributed by atoms with Crippen LogP contribution in [0.2, 0.25) is 0 Å². The highest BCUT2D eigenvalue weighted by molar-refractivity contribution is 7.15. The lowest BCUT2D eigenvalue weighted by Gasteiger charge is -2.35. The molecule has 1 saturated heterocycles. The fraction of sp³-hybridized carbons (Fsp3) is 0.500. The molecule has 1 aliphatic heterocycles. The van der Waals surface area contributed by atoms with Crippen LogP contribution in [0.4, 0.5) is 10.8 Å². The zero-order chi connectivity index (χ0) is 17.9. The molecule has 0 radical (unpaired) electrons. The number of anilines is 2. The van der Waals surface area contributed by atoms with Crippen molar-refractivity contribution in [1.82, 2.24) is 9.88 Å². The number of hydrogen-bond acceptors (Lipinski definition) is 5. The average molecular weight is 371 g/mol. The molecule has 1 aromatic carbocycles. The van der Waals surface area contributed by atoms with Crippen LogP contribution >= 0.6 is 11.3 Å². The van der Waals surface area contributed by atoms with Crippen LogP contribution in [0, 0.1) is 6.92 Å². The number of carbonyl (C=O) groups is 1. The second-order valence-corrected chi connectivity index (χ2v) is 8.33. The van der Waals surface area contributed by atoms with Crippen LogP contribution in [0.5, 0.6) is 0 Å². The van der Waals surface area contributed by atoms with E-state index in [4.69, 9.17) is 0 Å². The van der Waals surface area contributed by atoms with Gasteiger partial charge in [-0.15, -0.1) is 11.3 Å². The van der Waals surface area contributed by atoms with Crippen molar-refractivity contribution in [2.24, 2.45) is 0 Å². The molecular weight excluding hydrogens is 344 g/mol. The van der Waals surface area contributed by atoms with Gasteiger partial charge in [0.2, 0.25) is 5.91 Å². The largest absolute Gasteiger partial charge is 0.369 e. The average Bonchev–Trinajstić information content (AvgIpc) is 3.04. The van der Waals surface area contributed by atoms with E-state index in [-0.39, 0.29) is 5.91 Å². The highest BCUT2D eigenvalue weighted by Gasteiger charge is 2.21. The number of nitrogens with zero attached hydrogens (tertiary/aromatic N) is 3. The Labute approximate surface area is 159 Å². The second kappa shape index (κ2) is 7.76. The number of hydrogen-bond donors (Lipinski definition) is 1. The minimum Gasteiger partial charge on any atom is -0.369 e. The summed E-state index contributed by atoms with van der Waals surface area (Å²) in [6, 6.07) is 8.63. The van der Waals surface area contributed by atoms with Gasteiger partial charge in [0.1, 0.15) is 0 Å². The van der Waals surface area contributed by atoms with Crippen molar-refractivity contribution in [2.45, 2.75) is 32.6 Å². The molecule has 0 unspecified atom stereocenters. The standard InChI is InChI=1S/C20H26N4OS/c1-15-5-4-6-16(13-15)24-11-9-23(10-12-24)14-19(25)22-20-21-17-7-2-3-8-18(17)26-20/h4-6,13H,2-3,7-12,14H2,1H3,(H,21,22,25). The van der Waals surface area contributed by atoms with Gasteiger partial charge in [0.05, 0.1) is 12.2 Å². The fourth-order valence-electron chi connectivity index (χ4n) is 3.76. The lowest BCUT2D eigenvalue weighted by molar-refractivity contribution is -0.117. The van der Waals surface area contributed by atoms with E-state index in [1.54, 1.807) is 11.3 Å². The molecule has 26 heavy (non-hydrogen) atoms. The molecule has 2 aliphatic rings. The Bertz CT molecular complexity index is 756. The van der Waals surface area contributed by atoms with Crippen molar-refractivity contribution in [3.8, 4) is 0 Å². The normalized spacial score (nSPS) is 17.8. The maximum Gasteiger partial charge on any atom is 0.240 e. The van der Waals surface area contributed by atoms with Crippen molar-refractivity contribution < 1.29 is 4.79 Å². The Morgan fingerprint density at radius 1 is 1.19 bits per heavy atom. The van der Waals surface area contributed by atoms with Gasteiger partial charge in [0, 0.05) is 36.7 Å². The molecular formula is C20H26N4OS. The van der Waals surface area contributed by atoms with Gasteiger partial charge in [-0.05, 0) is 50.3 Å². The van der Waals surface area contributed by atoms with Crippen molar-refractivity contribution in [2.75, 3.05) is 42.9 Å². The van der Waals surface area contributed by atoms with Crippen LogP contribution in [-0.4, -0.2) is 48.5 Å². The number of amides is 1. The smallest absolute Gasteiger partial charge is 0.240 e. The van der Waals surface area contributed by atoms with Gasteiger partial charge in [0.15, 0.2) is 5.13 Å². The van der Waals surface area contributed by atoms with Gasteiger partial charge in [-0.25, -0.2) is 4.98 Å². The summed E-state index contributed by atoms with van der Waals surface area (Å²) in [7, 11) is 0. The highest BCUT2D eigenvalue weighted by atomic mass is 32.1. The van der Waals surface area contributed by atoms with Crippen LogP contribution in [0.3, 0.4) is 0 Å². The van der Waals surface area contributed by atoms with Crippen molar-refractivity contribution in [1.29, 1.82) is 0 Å². The zero-order valence-electron chi connectivity index (χ0n) is 15.3. The monoisotopic (exact) mass is 370 g/mol. The molecule has 1 N–H and O–H groups in total. The third-order valence-electron chi connectivity index (χ3n) is 5.20. The van der Waals surface area contributed by atoms with Crippen LogP contribution in [-0.2, 0) is 17.6 Å². The number of nitrogens with one attached hydrogen (secondary N) is 1. The Hall–Kier alpha value is -1.92. The third-order valence-corrected chi connectivity index (χ3v) is 6.27. The lowest BCUT2D eigenvalue weighted by Crippen LogP contribution is -2.48. The number of thiazole rings is 1. The SMILES string of the molecule is Cc1cccc(N2CCN(CC(=O)Nc3nc4c(s3)CCCC4)CC2)c1. The van der Waals surface area contributed by atoms with Crippen molar-refractivity contribution in [3.63, 3.8) is 0 Å². The Balaban J connectivity index is 1.27. The predicted molar refractivity (Wildman–Crippen MR) is 107 cm³/mol. The maximum absolute atomic E-state index is 12.4. The van der Waals surface area contributed by atoms with Gasteiger partial charge >= 0.3 is 0 Å². The van der Waals surface area contributed by atoms with Crippen molar-refractivity contribution in [3.05, 3.63) is 40.4 Å². The van der Waals surface area contributed by atoms with Gasteiger partial charge in [-0.2, -0.15) is 0 Å². The molecule has 1 aromatic heterocycles. The molecule has 1 aliphatic carbocycles. The summed E-state index contributed by atoms with van der Waals surface area (Å²) in [4.78, 5) is 23.0. The molecule has 1 amide bonds. The molecule has 138 valence electrons. The van der Waals surface area contributed by atoms with E-state index >= 15 is 0 Å². The van der Waals surface area contributed by atoms with E-state index in [2.05, 4.69) is 51.3 Å². The van der Waals surface area contributed by atoms with Crippen LogP contribution in [0.25, 0.3) is 0 Å². The van der Waals surface area contributed by atoms with Gasteiger partial charge in [0.25, 0.3) is 0 Å². The van der Waals surface area contributed by atoms with E-state index in [1.165, 1.54) is 34.7 Å². The molecule has 0 bridgehead atoms. The molecule has 2 aromatic rings. The maximum atomic E-state index is 12.4. The number of piperazine rings is 1. The Kier molecular flexibility index (Phi) is 5.22. The summed E-state index contributed by atoms with van der Waals surface area (Å²) in [5.41, 5.74) is 3.77. The lowest BCUT2D eigenvalue weighted by atomic mass is 10.0. The number of carbonyl (C=O) groups excluding carboxylic acids is 1. The summed E-state index contributed by atoms with van der Waals surface area (Å²) in [5, 5.41) is 3.79. The number of aryl methyl sites for hydroxylation is 3. The van der Waals surface area contributed by atoms with E-state index in [0.29, 0.717) is 6.54 Å². The summed E-state index contributed by atoms with van der Waals surface area (Å²) in [6.07, 6.45) is 4.63. The summed E-state index contributed by atoms with van der Waals surface area (Å²) in [5.74, 6) is 0.0557. The quantitative estimate of drug-likeness (QED) is 0.898. The molecule has 1 fully saturated rings. The first kappa shape index (κ1) is 17.5. The minimum atomic E-state index is 0.0557. The molecule has 5 nitrogen and oxygen atoms in total.